The summed E-state index contributed by atoms with van der Waals surface area (Å²) in [6.45, 7) is 2.00. The Morgan fingerprint density at radius 3 is 3.05 bits per heavy atom. The van der Waals surface area contributed by atoms with Gasteiger partial charge in [-0.2, -0.15) is 0 Å². The van der Waals surface area contributed by atoms with Gasteiger partial charge >= 0.3 is 6.01 Å². The van der Waals surface area contributed by atoms with Crippen LogP contribution in [0.15, 0.2) is 28.9 Å². The number of hydrogen-bond acceptors (Lipinski definition) is 5. The van der Waals surface area contributed by atoms with Gasteiger partial charge in [-0.25, -0.2) is 4.98 Å². The van der Waals surface area contributed by atoms with E-state index in [-0.39, 0.29) is 11.7 Å². The molecule has 3 heterocycles. The standard InChI is InChI=1S/C13H12ClN5O2/c1-2-3-11-17-18-13(21-11)16-12(20)9-7-19-6-8(14)4-5-10(19)15-9/h4-7H,2-3H2,1H3,(H,16,18,20). The molecule has 0 aliphatic rings. The van der Waals surface area contributed by atoms with Crippen LogP contribution in [0.25, 0.3) is 5.65 Å². The first-order chi connectivity index (χ1) is 10.2. The van der Waals surface area contributed by atoms with Crippen molar-refractivity contribution in [3.8, 4) is 0 Å². The normalized spacial score (nSPS) is 11.0. The number of nitrogens with one attached hydrogen (secondary N) is 1. The molecule has 0 bridgehead atoms. The first kappa shape index (κ1) is 13.6. The zero-order valence-electron chi connectivity index (χ0n) is 11.2. The van der Waals surface area contributed by atoms with Gasteiger partial charge in [0.25, 0.3) is 5.91 Å². The summed E-state index contributed by atoms with van der Waals surface area (Å²) in [5.74, 6) is 0.0797. The van der Waals surface area contributed by atoms with Gasteiger partial charge in [0.2, 0.25) is 5.89 Å². The van der Waals surface area contributed by atoms with E-state index >= 15 is 0 Å². The molecular formula is C13H12ClN5O2. The molecule has 3 aromatic heterocycles. The smallest absolute Gasteiger partial charge is 0.322 e. The average Bonchev–Trinajstić information content (AvgIpc) is 3.05. The van der Waals surface area contributed by atoms with Gasteiger partial charge in [-0.15, -0.1) is 5.10 Å². The number of halogens is 1. The van der Waals surface area contributed by atoms with E-state index in [2.05, 4.69) is 20.5 Å². The molecule has 8 heteroatoms. The van der Waals surface area contributed by atoms with Crippen molar-refractivity contribution >= 4 is 29.2 Å². The molecule has 3 rings (SSSR count). The minimum Gasteiger partial charge on any atom is -0.408 e. The predicted octanol–water partition coefficient (Wildman–Crippen LogP) is 2.58. The third kappa shape index (κ3) is 2.87. The number of aromatic nitrogens is 4. The molecule has 108 valence electrons. The van der Waals surface area contributed by atoms with Crippen LogP contribution in [0.1, 0.15) is 29.7 Å². The van der Waals surface area contributed by atoms with Crippen molar-refractivity contribution in [3.05, 3.63) is 41.1 Å². The second-order valence-corrected chi connectivity index (χ2v) is 4.88. The van der Waals surface area contributed by atoms with Crippen LogP contribution in [0.5, 0.6) is 0 Å². The van der Waals surface area contributed by atoms with Gasteiger partial charge in [-0.3, -0.25) is 10.1 Å². The average molecular weight is 306 g/mol. The van der Waals surface area contributed by atoms with Gasteiger partial charge in [0.15, 0.2) is 0 Å². The summed E-state index contributed by atoms with van der Waals surface area (Å²) in [6, 6.07) is 3.50. The SMILES string of the molecule is CCCc1nnc(NC(=O)c2cn3cc(Cl)ccc3n2)o1. The first-order valence-corrected chi connectivity index (χ1v) is 6.81. The molecule has 0 spiro atoms. The number of amides is 1. The predicted molar refractivity (Wildman–Crippen MR) is 76.4 cm³/mol. The highest BCUT2D eigenvalue weighted by atomic mass is 35.5. The third-order valence-electron chi connectivity index (χ3n) is 2.80. The molecule has 3 aromatic rings. The Morgan fingerprint density at radius 2 is 2.24 bits per heavy atom. The maximum atomic E-state index is 12.1. The van der Waals surface area contributed by atoms with E-state index in [0.717, 1.165) is 6.42 Å². The minimum absolute atomic E-state index is 0.0681. The van der Waals surface area contributed by atoms with Crippen molar-refractivity contribution in [1.29, 1.82) is 0 Å². The van der Waals surface area contributed by atoms with Gasteiger partial charge in [-0.1, -0.05) is 23.6 Å². The fourth-order valence-electron chi connectivity index (χ4n) is 1.85. The van der Waals surface area contributed by atoms with E-state index < -0.39 is 5.91 Å². The van der Waals surface area contributed by atoms with Gasteiger partial charge in [0.1, 0.15) is 11.3 Å². The Labute approximate surface area is 125 Å². The van der Waals surface area contributed by atoms with Crippen LogP contribution in [-0.4, -0.2) is 25.5 Å². The van der Waals surface area contributed by atoms with Crippen molar-refractivity contribution < 1.29 is 9.21 Å². The summed E-state index contributed by atoms with van der Waals surface area (Å²) < 4.78 is 6.97. The maximum absolute atomic E-state index is 12.1. The topological polar surface area (TPSA) is 85.3 Å². The number of carbonyl (C=O) groups is 1. The van der Waals surface area contributed by atoms with Gasteiger partial charge in [0, 0.05) is 18.8 Å². The number of anilines is 1. The monoisotopic (exact) mass is 305 g/mol. The van der Waals surface area contributed by atoms with E-state index in [1.54, 1.807) is 28.9 Å². The maximum Gasteiger partial charge on any atom is 0.322 e. The van der Waals surface area contributed by atoms with Crippen LogP contribution in [0.3, 0.4) is 0 Å². The molecule has 21 heavy (non-hydrogen) atoms. The first-order valence-electron chi connectivity index (χ1n) is 6.43. The molecule has 0 radical (unpaired) electrons. The van der Waals surface area contributed by atoms with E-state index in [9.17, 15) is 4.79 Å². The molecule has 0 saturated heterocycles. The van der Waals surface area contributed by atoms with Crippen molar-refractivity contribution in [1.82, 2.24) is 19.6 Å². The molecule has 0 aliphatic heterocycles. The number of aryl methyl sites for hydroxylation is 1. The summed E-state index contributed by atoms with van der Waals surface area (Å²) in [6.07, 6.45) is 4.82. The number of nitrogens with zero attached hydrogens (tertiary/aromatic N) is 4. The Morgan fingerprint density at radius 1 is 1.38 bits per heavy atom. The van der Waals surface area contributed by atoms with E-state index in [1.165, 1.54) is 0 Å². The Hall–Kier alpha value is -2.41. The summed E-state index contributed by atoms with van der Waals surface area (Å²) in [5, 5.41) is 10.7. The number of carbonyl (C=O) groups excluding carboxylic acids is 1. The highest BCUT2D eigenvalue weighted by Crippen LogP contribution is 2.13. The summed E-state index contributed by atoms with van der Waals surface area (Å²) in [5.41, 5.74) is 0.870. The zero-order valence-corrected chi connectivity index (χ0v) is 12.0. The quantitative estimate of drug-likeness (QED) is 0.800. The molecule has 0 aromatic carbocycles. The summed E-state index contributed by atoms with van der Waals surface area (Å²) >= 11 is 5.89. The zero-order chi connectivity index (χ0) is 14.8. The Bertz CT molecular complexity index is 795. The van der Waals surface area contributed by atoms with E-state index in [1.807, 2.05) is 6.92 Å². The van der Waals surface area contributed by atoms with Crippen LogP contribution in [0.2, 0.25) is 5.02 Å². The van der Waals surface area contributed by atoms with Crippen LogP contribution >= 0.6 is 11.6 Å². The lowest BCUT2D eigenvalue weighted by Crippen LogP contribution is -2.12. The second kappa shape index (κ2) is 5.53. The number of fused-ring (bicyclic) bond motifs is 1. The third-order valence-corrected chi connectivity index (χ3v) is 3.02. The number of imidazole rings is 1. The Balaban J connectivity index is 1.79. The molecule has 0 saturated carbocycles. The van der Waals surface area contributed by atoms with Crippen molar-refractivity contribution in [3.63, 3.8) is 0 Å². The lowest BCUT2D eigenvalue weighted by molar-refractivity contribution is 0.102. The second-order valence-electron chi connectivity index (χ2n) is 4.44. The fraction of sp³-hybridized carbons (Fsp3) is 0.231. The lowest BCUT2D eigenvalue weighted by Gasteiger charge is -1.95. The molecule has 0 unspecified atom stereocenters. The summed E-state index contributed by atoms with van der Waals surface area (Å²) in [4.78, 5) is 16.3. The van der Waals surface area contributed by atoms with Crippen molar-refractivity contribution in [2.45, 2.75) is 19.8 Å². The largest absolute Gasteiger partial charge is 0.408 e. The van der Waals surface area contributed by atoms with Crippen LogP contribution in [-0.2, 0) is 6.42 Å². The lowest BCUT2D eigenvalue weighted by atomic mass is 10.3. The molecule has 7 nitrogen and oxygen atoms in total. The van der Waals surface area contributed by atoms with Gasteiger partial charge in [-0.05, 0) is 18.6 Å². The van der Waals surface area contributed by atoms with Gasteiger partial charge in [0.05, 0.1) is 5.02 Å². The van der Waals surface area contributed by atoms with Crippen molar-refractivity contribution in [2.75, 3.05) is 5.32 Å². The molecule has 0 aliphatic carbocycles. The van der Waals surface area contributed by atoms with E-state index in [0.29, 0.717) is 23.0 Å². The minimum atomic E-state index is -0.415. The molecule has 0 fully saturated rings. The molecular weight excluding hydrogens is 294 g/mol. The van der Waals surface area contributed by atoms with Gasteiger partial charge < -0.3 is 8.82 Å². The molecule has 1 amide bonds. The van der Waals surface area contributed by atoms with Crippen LogP contribution in [0.4, 0.5) is 6.01 Å². The number of rotatable bonds is 4. The highest BCUT2D eigenvalue weighted by molar-refractivity contribution is 6.30. The Kier molecular flexibility index (Phi) is 3.57. The van der Waals surface area contributed by atoms with Crippen LogP contribution in [0, 0.1) is 0 Å². The molecule has 1 N–H and O–H groups in total. The van der Waals surface area contributed by atoms with E-state index in [4.69, 9.17) is 16.0 Å². The number of pyridine rings is 1. The molecule has 0 atom stereocenters. The fourth-order valence-corrected chi connectivity index (χ4v) is 2.02. The summed E-state index contributed by atoms with van der Waals surface area (Å²) in [7, 11) is 0. The highest BCUT2D eigenvalue weighted by Gasteiger charge is 2.14. The van der Waals surface area contributed by atoms with Crippen LogP contribution < -0.4 is 5.32 Å². The van der Waals surface area contributed by atoms with Crippen molar-refractivity contribution in [2.24, 2.45) is 0 Å². The number of hydrogen-bond donors (Lipinski definition) is 1.